The molecule has 5 nitrogen and oxygen atoms in total. The molecule has 1 amide bonds. The molecule has 92 valence electrons. The zero-order valence-corrected chi connectivity index (χ0v) is 10.0. The van der Waals surface area contributed by atoms with Crippen LogP contribution in [0.25, 0.3) is 0 Å². The second-order valence-corrected chi connectivity index (χ2v) is 4.47. The lowest BCUT2D eigenvalue weighted by atomic mass is 10.2. The quantitative estimate of drug-likeness (QED) is 0.793. The SMILES string of the molecule is CC(=O)NC1CCN(Cc2cccnc2N)C1. The molecular formula is C12H18N4O. The fourth-order valence-corrected chi connectivity index (χ4v) is 2.21. The number of nitrogens with two attached hydrogens (primary N) is 1. The lowest BCUT2D eigenvalue weighted by molar-refractivity contribution is -0.119. The average molecular weight is 234 g/mol. The number of nitrogen functional groups attached to an aromatic ring is 1. The first-order chi connectivity index (χ1) is 8.15. The second kappa shape index (κ2) is 5.14. The van der Waals surface area contributed by atoms with Crippen LogP contribution in [0, 0.1) is 0 Å². The molecule has 0 bridgehead atoms. The number of carbonyl (C=O) groups excluding carboxylic acids is 1. The molecule has 3 N–H and O–H groups in total. The molecule has 1 aromatic rings. The van der Waals surface area contributed by atoms with Gasteiger partial charge in [-0.15, -0.1) is 0 Å². The van der Waals surface area contributed by atoms with E-state index in [0.717, 1.165) is 31.6 Å². The second-order valence-electron chi connectivity index (χ2n) is 4.47. The highest BCUT2D eigenvalue weighted by Crippen LogP contribution is 2.16. The average Bonchev–Trinajstić information content (AvgIpc) is 2.68. The van der Waals surface area contributed by atoms with Crippen molar-refractivity contribution in [3.8, 4) is 0 Å². The van der Waals surface area contributed by atoms with Gasteiger partial charge in [0, 0.05) is 44.4 Å². The van der Waals surface area contributed by atoms with Crippen molar-refractivity contribution in [3.05, 3.63) is 23.9 Å². The maximum Gasteiger partial charge on any atom is 0.217 e. The van der Waals surface area contributed by atoms with Crippen LogP contribution in [0.1, 0.15) is 18.9 Å². The highest BCUT2D eigenvalue weighted by Gasteiger charge is 2.23. The molecular weight excluding hydrogens is 216 g/mol. The fraction of sp³-hybridized carbons (Fsp3) is 0.500. The van der Waals surface area contributed by atoms with Crippen LogP contribution in [-0.4, -0.2) is 34.9 Å². The summed E-state index contributed by atoms with van der Waals surface area (Å²) in [7, 11) is 0. The minimum Gasteiger partial charge on any atom is -0.383 e. The van der Waals surface area contributed by atoms with Crippen molar-refractivity contribution in [2.45, 2.75) is 25.9 Å². The maximum atomic E-state index is 11.0. The molecule has 0 aromatic carbocycles. The molecule has 1 aromatic heterocycles. The summed E-state index contributed by atoms with van der Waals surface area (Å²) in [6.07, 6.45) is 2.70. The van der Waals surface area contributed by atoms with Crippen LogP contribution in [0.4, 0.5) is 5.82 Å². The molecule has 2 heterocycles. The smallest absolute Gasteiger partial charge is 0.217 e. The molecule has 17 heavy (non-hydrogen) atoms. The normalized spacial score (nSPS) is 20.4. The van der Waals surface area contributed by atoms with Crippen molar-refractivity contribution >= 4 is 11.7 Å². The van der Waals surface area contributed by atoms with Crippen molar-refractivity contribution in [1.82, 2.24) is 15.2 Å². The van der Waals surface area contributed by atoms with Gasteiger partial charge in [-0.1, -0.05) is 6.07 Å². The monoisotopic (exact) mass is 234 g/mol. The molecule has 0 radical (unpaired) electrons. The summed E-state index contributed by atoms with van der Waals surface area (Å²) in [5.41, 5.74) is 6.86. The number of amides is 1. The van der Waals surface area contributed by atoms with E-state index >= 15 is 0 Å². The molecule has 5 heteroatoms. The van der Waals surface area contributed by atoms with E-state index in [1.54, 1.807) is 13.1 Å². The van der Waals surface area contributed by atoms with E-state index in [1.807, 2.05) is 12.1 Å². The molecule has 0 saturated carbocycles. The molecule has 2 rings (SSSR count). The van der Waals surface area contributed by atoms with E-state index in [4.69, 9.17) is 5.73 Å². The summed E-state index contributed by atoms with van der Waals surface area (Å²) in [6.45, 7) is 4.23. The number of carbonyl (C=O) groups is 1. The number of anilines is 1. The van der Waals surface area contributed by atoms with Crippen molar-refractivity contribution in [3.63, 3.8) is 0 Å². The van der Waals surface area contributed by atoms with Gasteiger partial charge >= 0.3 is 0 Å². The number of aromatic nitrogens is 1. The van der Waals surface area contributed by atoms with Crippen molar-refractivity contribution < 1.29 is 4.79 Å². The van der Waals surface area contributed by atoms with Gasteiger partial charge in [0.15, 0.2) is 0 Å². The number of likely N-dealkylation sites (tertiary alicyclic amines) is 1. The van der Waals surface area contributed by atoms with E-state index in [2.05, 4.69) is 15.2 Å². The van der Waals surface area contributed by atoms with Crippen molar-refractivity contribution in [1.29, 1.82) is 0 Å². The third-order valence-corrected chi connectivity index (χ3v) is 3.00. The molecule has 1 atom stereocenters. The first-order valence-corrected chi connectivity index (χ1v) is 5.84. The molecule has 0 spiro atoms. The third-order valence-electron chi connectivity index (χ3n) is 3.00. The predicted octanol–water partition coefficient (Wildman–Crippen LogP) is 0.374. The lowest BCUT2D eigenvalue weighted by Crippen LogP contribution is -2.35. The Hall–Kier alpha value is -1.62. The fourth-order valence-electron chi connectivity index (χ4n) is 2.21. The standard InChI is InChI=1S/C12H18N4O/c1-9(17)15-11-4-6-16(8-11)7-10-3-2-5-14-12(10)13/h2-3,5,11H,4,6-8H2,1H3,(H2,13,14)(H,15,17). The summed E-state index contributed by atoms with van der Waals surface area (Å²) >= 11 is 0. The van der Waals surface area contributed by atoms with Gasteiger partial charge in [-0.3, -0.25) is 9.69 Å². The molecule has 1 saturated heterocycles. The Labute approximate surface area is 101 Å². The summed E-state index contributed by atoms with van der Waals surface area (Å²) in [4.78, 5) is 17.3. The van der Waals surface area contributed by atoms with Crippen LogP contribution in [0.5, 0.6) is 0 Å². The number of pyridine rings is 1. The Morgan fingerprint density at radius 1 is 1.71 bits per heavy atom. The van der Waals surface area contributed by atoms with Crippen LogP contribution < -0.4 is 11.1 Å². The van der Waals surface area contributed by atoms with Crippen molar-refractivity contribution in [2.75, 3.05) is 18.8 Å². The van der Waals surface area contributed by atoms with Gasteiger partial charge in [-0.25, -0.2) is 4.98 Å². The number of hydrogen-bond donors (Lipinski definition) is 2. The first kappa shape index (κ1) is 11.9. The Balaban J connectivity index is 1.90. The van der Waals surface area contributed by atoms with Crippen molar-refractivity contribution in [2.24, 2.45) is 0 Å². The van der Waals surface area contributed by atoms with Crippen LogP contribution in [0.2, 0.25) is 0 Å². The van der Waals surface area contributed by atoms with E-state index in [-0.39, 0.29) is 11.9 Å². The molecule has 1 aliphatic heterocycles. The summed E-state index contributed by atoms with van der Waals surface area (Å²) in [5.74, 6) is 0.633. The predicted molar refractivity (Wildman–Crippen MR) is 66.1 cm³/mol. The number of nitrogens with one attached hydrogen (secondary N) is 1. The zero-order chi connectivity index (χ0) is 12.3. The van der Waals surface area contributed by atoms with Crippen LogP contribution in [0.15, 0.2) is 18.3 Å². The summed E-state index contributed by atoms with van der Waals surface area (Å²) in [5, 5.41) is 2.94. The van der Waals surface area contributed by atoms with Gasteiger partial charge < -0.3 is 11.1 Å². The van der Waals surface area contributed by atoms with Gasteiger partial charge in [0.25, 0.3) is 0 Å². The number of nitrogens with zero attached hydrogens (tertiary/aromatic N) is 2. The van der Waals surface area contributed by atoms with Gasteiger partial charge in [-0.2, -0.15) is 0 Å². The summed E-state index contributed by atoms with van der Waals surface area (Å²) < 4.78 is 0. The third kappa shape index (κ3) is 3.17. The molecule has 1 fully saturated rings. The molecule has 0 aliphatic carbocycles. The minimum absolute atomic E-state index is 0.0396. The highest BCUT2D eigenvalue weighted by atomic mass is 16.1. The topological polar surface area (TPSA) is 71.2 Å². The number of rotatable bonds is 3. The van der Waals surface area contributed by atoms with E-state index in [9.17, 15) is 4.79 Å². The van der Waals surface area contributed by atoms with E-state index in [0.29, 0.717) is 5.82 Å². The van der Waals surface area contributed by atoms with E-state index in [1.165, 1.54) is 0 Å². The number of hydrogen-bond acceptors (Lipinski definition) is 4. The van der Waals surface area contributed by atoms with Gasteiger partial charge in [-0.05, 0) is 12.5 Å². The molecule has 1 aliphatic rings. The largest absolute Gasteiger partial charge is 0.383 e. The maximum absolute atomic E-state index is 11.0. The Kier molecular flexibility index (Phi) is 3.58. The van der Waals surface area contributed by atoms with Crippen LogP contribution >= 0.6 is 0 Å². The van der Waals surface area contributed by atoms with Crippen LogP contribution in [-0.2, 0) is 11.3 Å². The highest BCUT2D eigenvalue weighted by molar-refractivity contribution is 5.73. The minimum atomic E-state index is 0.0396. The van der Waals surface area contributed by atoms with Gasteiger partial charge in [0.2, 0.25) is 5.91 Å². The Bertz CT molecular complexity index is 407. The van der Waals surface area contributed by atoms with E-state index < -0.39 is 0 Å². The van der Waals surface area contributed by atoms with Gasteiger partial charge in [0.05, 0.1) is 0 Å². The summed E-state index contributed by atoms with van der Waals surface area (Å²) in [6, 6.07) is 4.16. The first-order valence-electron chi connectivity index (χ1n) is 5.84. The van der Waals surface area contributed by atoms with Crippen LogP contribution in [0.3, 0.4) is 0 Å². The Morgan fingerprint density at radius 2 is 2.53 bits per heavy atom. The molecule has 1 unspecified atom stereocenters. The zero-order valence-electron chi connectivity index (χ0n) is 10.0. The Morgan fingerprint density at radius 3 is 3.24 bits per heavy atom. The van der Waals surface area contributed by atoms with Gasteiger partial charge in [0.1, 0.15) is 5.82 Å². The lowest BCUT2D eigenvalue weighted by Gasteiger charge is -2.16.